The van der Waals surface area contributed by atoms with Gasteiger partial charge in [0.2, 0.25) is 0 Å². The first-order valence-corrected chi connectivity index (χ1v) is 10.7. The Hall–Kier alpha value is -2.16. The Morgan fingerprint density at radius 1 is 1.15 bits per heavy atom. The standard InChI is InChI=1S/C18H21ClN4O3S/c1-22-7-9-23(10-8-22)17-6-3-13(12-20-17)21-18(24)15-11-14(27(2,25)26)4-5-16(15)19/h3-6,11-12H,7-10H2,1-2H3,(H,21,24). The number of nitrogens with one attached hydrogen (secondary N) is 1. The van der Waals surface area contributed by atoms with E-state index in [2.05, 4.69) is 27.1 Å². The van der Waals surface area contributed by atoms with Crippen molar-refractivity contribution in [2.24, 2.45) is 0 Å². The van der Waals surface area contributed by atoms with Crippen LogP contribution in [0.1, 0.15) is 10.4 Å². The van der Waals surface area contributed by atoms with Crippen LogP contribution in [0.25, 0.3) is 0 Å². The van der Waals surface area contributed by atoms with Crippen molar-refractivity contribution in [3.05, 3.63) is 47.1 Å². The normalized spacial score (nSPS) is 15.6. The van der Waals surface area contributed by atoms with Gasteiger partial charge in [0, 0.05) is 32.4 Å². The third-order valence-corrected chi connectivity index (χ3v) is 5.88. The van der Waals surface area contributed by atoms with Crippen molar-refractivity contribution in [1.29, 1.82) is 0 Å². The van der Waals surface area contributed by atoms with Gasteiger partial charge >= 0.3 is 0 Å². The number of hydrogen-bond acceptors (Lipinski definition) is 6. The molecule has 2 aromatic rings. The molecule has 0 bridgehead atoms. The van der Waals surface area contributed by atoms with E-state index in [1.165, 1.54) is 18.2 Å². The first-order valence-electron chi connectivity index (χ1n) is 8.44. The Morgan fingerprint density at radius 2 is 1.85 bits per heavy atom. The van der Waals surface area contributed by atoms with Gasteiger partial charge in [0.1, 0.15) is 5.82 Å². The van der Waals surface area contributed by atoms with E-state index in [9.17, 15) is 13.2 Å². The van der Waals surface area contributed by atoms with E-state index in [4.69, 9.17) is 11.6 Å². The minimum absolute atomic E-state index is 0.0422. The molecule has 0 saturated carbocycles. The van der Waals surface area contributed by atoms with E-state index in [-0.39, 0.29) is 15.5 Å². The number of aromatic nitrogens is 1. The number of likely N-dealkylation sites (N-methyl/N-ethyl adjacent to an activating group) is 1. The topological polar surface area (TPSA) is 82.6 Å². The first kappa shape index (κ1) is 19.6. The molecule has 1 amide bonds. The number of carbonyl (C=O) groups is 1. The molecule has 1 saturated heterocycles. The van der Waals surface area contributed by atoms with Gasteiger partial charge in [0.25, 0.3) is 5.91 Å². The van der Waals surface area contributed by atoms with Gasteiger partial charge in [-0.25, -0.2) is 13.4 Å². The summed E-state index contributed by atoms with van der Waals surface area (Å²) in [5.41, 5.74) is 0.612. The number of carbonyl (C=O) groups excluding carboxylic acids is 1. The van der Waals surface area contributed by atoms with Gasteiger partial charge < -0.3 is 15.1 Å². The van der Waals surface area contributed by atoms with E-state index in [1.54, 1.807) is 12.3 Å². The van der Waals surface area contributed by atoms with Crippen LogP contribution in [0.15, 0.2) is 41.4 Å². The van der Waals surface area contributed by atoms with E-state index >= 15 is 0 Å². The summed E-state index contributed by atoms with van der Waals surface area (Å²) in [5.74, 6) is 0.373. The van der Waals surface area contributed by atoms with E-state index in [0.717, 1.165) is 38.3 Å². The van der Waals surface area contributed by atoms with Crippen LogP contribution >= 0.6 is 11.6 Å². The summed E-state index contributed by atoms with van der Waals surface area (Å²) in [5, 5.41) is 2.89. The molecule has 1 aromatic heterocycles. The molecule has 0 radical (unpaired) electrons. The lowest BCUT2D eigenvalue weighted by atomic mass is 10.2. The number of amides is 1. The Labute approximate surface area is 163 Å². The van der Waals surface area contributed by atoms with Crippen molar-refractivity contribution < 1.29 is 13.2 Å². The molecule has 9 heteroatoms. The zero-order valence-electron chi connectivity index (χ0n) is 15.1. The molecule has 0 aliphatic carbocycles. The maximum absolute atomic E-state index is 12.5. The molecule has 2 heterocycles. The molecule has 0 atom stereocenters. The molecular formula is C18H21ClN4O3S. The van der Waals surface area contributed by atoms with Gasteiger partial charge in [0.05, 0.1) is 27.4 Å². The summed E-state index contributed by atoms with van der Waals surface area (Å²) >= 11 is 6.06. The lowest BCUT2D eigenvalue weighted by Crippen LogP contribution is -2.44. The summed E-state index contributed by atoms with van der Waals surface area (Å²) in [7, 11) is -1.34. The van der Waals surface area contributed by atoms with Crippen molar-refractivity contribution in [2.75, 3.05) is 49.7 Å². The molecule has 3 rings (SSSR count). The second-order valence-electron chi connectivity index (χ2n) is 6.56. The number of sulfone groups is 1. The van der Waals surface area contributed by atoms with Crippen molar-refractivity contribution in [2.45, 2.75) is 4.90 Å². The number of halogens is 1. The molecule has 0 spiro atoms. The van der Waals surface area contributed by atoms with Crippen LogP contribution in [-0.4, -0.2) is 63.7 Å². The highest BCUT2D eigenvalue weighted by Gasteiger charge is 2.17. The number of piperazine rings is 1. The highest BCUT2D eigenvalue weighted by atomic mass is 35.5. The fourth-order valence-electron chi connectivity index (χ4n) is 2.79. The molecule has 1 fully saturated rings. The van der Waals surface area contributed by atoms with Crippen molar-refractivity contribution in [3.63, 3.8) is 0 Å². The summed E-state index contributed by atoms with van der Waals surface area (Å²) < 4.78 is 23.4. The monoisotopic (exact) mass is 408 g/mol. The molecular weight excluding hydrogens is 388 g/mol. The number of pyridine rings is 1. The molecule has 1 N–H and O–H groups in total. The number of rotatable bonds is 4. The smallest absolute Gasteiger partial charge is 0.257 e. The van der Waals surface area contributed by atoms with Gasteiger partial charge in [-0.2, -0.15) is 0 Å². The average molecular weight is 409 g/mol. The molecule has 0 unspecified atom stereocenters. The molecule has 27 heavy (non-hydrogen) atoms. The van der Waals surface area contributed by atoms with E-state index in [0.29, 0.717) is 5.69 Å². The quantitative estimate of drug-likeness (QED) is 0.834. The molecule has 1 aromatic carbocycles. The predicted molar refractivity (Wildman–Crippen MR) is 106 cm³/mol. The first-order chi connectivity index (χ1) is 12.7. The lowest BCUT2D eigenvalue weighted by Gasteiger charge is -2.33. The largest absolute Gasteiger partial charge is 0.354 e. The van der Waals surface area contributed by atoms with Gasteiger partial charge in [-0.05, 0) is 37.4 Å². The second kappa shape index (κ2) is 7.84. The van der Waals surface area contributed by atoms with Crippen molar-refractivity contribution >= 4 is 38.9 Å². The lowest BCUT2D eigenvalue weighted by molar-refractivity contribution is 0.102. The van der Waals surface area contributed by atoms with Crippen LogP contribution in [0.2, 0.25) is 5.02 Å². The van der Waals surface area contributed by atoms with E-state index in [1.807, 2.05) is 6.07 Å². The van der Waals surface area contributed by atoms with Crippen LogP contribution in [0.3, 0.4) is 0 Å². The Morgan fingerprint density at radius 3 is 2.44 bits per heavy atom. The van der Waals surface area contributed by atoms with E-state index < -0.39 is 15.7 Å². The molecule has 7 nitrogen and oxygen atoms in total. The Bertz CT molecular complexity index is 940. The average Bonchev–Trinajstić information content (AvgIpc) is 2.62. The molecule has 144 valence electrons. The highest BCUT2D eigenvalue weighted by Crippen LogP contribution is 2.22. The van der Waals surface area contributed by atoms with Crippen LogP contribution in [0.5, 0.6) is 0 Å². The van der Waals surface area contributed by atoms with Crippen LogP contribution < -0.4 is 10.2 Å². The maximum Gasteiger partial charge on any atom is 0.257 e. The molecule has 1 aliphatic rings. The number of benzene rings is 1. The summed E-state index contributed by atoms with van der Waals surface area (Å²) in [6, 6.07) is 7.68. The summed E-state index contributed by atoms with van der Waals surface area (Å²) in [4.78, 5) is 21.4. The number of nitrogens with zero attached hydrogens (tertiary/aromatic N) is 3. The third kappa shape index (κ3) is 4.77. The Kier molecular flexibility index (Phi) is 5.69. The fourth-order valence-corrected chi connectivity index (χ4v) is 3.64. The Balaban J connectivity index is 1.73. The fraction of sp³-hybridized carbons (Fsp3) is 0.333. The molecule has 1 aliphatic heterocycles. The summed E-state index contributed by atoms with van der Waals surface area (Å²) in [6.45, 7) is 3.77. The third-order valence-electron chi connectivity index (χ3n) is 4.44. The van der Waals surface area contributed by atoms with Gasteiger partial charge in [-0.1, -0.05) is 11.6 Å². The zero-order chi connectivity index (χ0) is 19.6. The second-order valence-corrected chi connectivity index (χ2v) is 8.99. The van der Waals surface area contributed by atoms with Crippen molar-refractivity contribution in [1.82, 2.24) is 9.88 Å². The van der Waals surface area contributed by atoms with Crippen molar-refractivity contribution in [3.8, 4) is 0 Å². The highest BCUT2D eigenvalue weighted by molar-refractivity contribution is 7.90. The predicted octanol–water partition coefficient (Wildman–Crippen LogP) is 2.14. The minimum Gasteiger partial charge on any atom is -0.354 e. The zero-order valence-corrected chi connectivity index (χ0v) is 16.7. The minimum atomic E-state index is -3.43. The number of hydrogen-bond donors (Lipinski definition) is 1. The SMILES string of the molecule is CN1CCN(c2ccc(NC(=O)c3cc(S(C)(=O)=O)ccc3Cl)cn2)CC1. The van der Waals surface area contributed by atoms with Crippen LogP contribution in [0.4, 0.5) is 11.5 Å². The summed E-state index contributed by atoms with van der Waals surface area (Å²) in [6.07, 6.45) is 2.67. The number of anilines is 2. The van der Waals surface area contributed by atoms with Gasteiger partial charge in [0.15, 0.2) is 9.84 Å². The van der Waals surface area contributed by atoms with Crippen LogP contribution in [0, 0.1) is 0 Å². The van der Waals surface area contributed by atoms with Gasteiger partial charge in [-0.3, -0.25) is 4.79 Å². The maximum atomic E-state index is 12.5. The van der Waals surface area contributed by atoms with Crippen LogP contribution in [-0.2, 0) is 9.84 Å². The van der Waals surface area contributed by atoms with Gasteiger partial charge in [-0.15, -0.1) is 0 Å².